The van der Waals surface area contributed by atoms with Crippen molar-refractivity contribution in [3.05, 3.63) is 12.1 Å². The molecule has 0 spiro atoms. The molecular weight excluding hydrogens is 312 g/mol. The Bertz CT molecular complexity index is 647. The zero-order valence-electron chi connectivity index (χ0n) is 12.2. The minimum Gasteiger partial charge on any atom is -0.493 e. The molecule has 1 heterocycles. The van der Waals surface area contributed by atoms with Gasteiger partial charge in [-0.05, 0) is 12.1 Å². The van der Waals surface area contributed by atoms with Gasteiger partial charge in [-0.1, -0.05) is 11.8 Å². The molecule has 0 fully saturated rings. The summed E-state index contributed by atoms with van der Waals surface area (Å²) in [4.78, 5) is 10.5. The second-order valence-electron chi connectivity index (χ2n) is 3.97. The van der Waals surface area contributed by atoms with Crippen LogP contribution >= 0.6 is 11.8 Å². The van der Waals surface area contributed by atoms with Crippen LogP contribution in [0.25, 0.3) is 11.5 Å². The standard InChI is InChI=1S/C13H14N2O6S/c1-18-8-4-7(5-9(19-2)11(8)20-3)12-14-15-13(21-12)22-6-10(16)17/h4-5H,6H2,1-3H3,(H,16,17). The van der Waals surface area contributed by atoms with Gasteiger partial charge in [0.2, 0.25) is 11.6 Å². The van der Waals surface area contributed by atoms with Crippen LogP contribution in [0.2, 0.25) is 0 Å². The minimum absolute atomic E-state index is 0.156. The Labute approximate surface area is 130 Å². The summed E-state index contributed by atoms with van der Waals surface area (Å²) in [6.45, 7) is 0. The average Bonchev–Trinajstić information content (AvgIpc) is 3.00. The number of thioether (sulfide) groups is 1. The van der Waals surface area contributed by atoms with E-state index < -0.39 is 5.97 Å². The van der Waals surface area contributed by atoms with Crippen molar-refractivity contribution >= 4 is 17.7 Å². The number of nitrogens with zero attached hydrogens (tertiary/aromatic N) is 2. The van der Waals surface area contributed by atoms with Crippen LogP contribution in [-0.4, -0.2) is 48.4 Å². The number of rotatable bonds is 7. The molecule has 0 atom stereocenters. The summed E-state index contributed by atoms with van der Waals surface area (Å²) in [6.07, 6.45) is 0. The third-order valence-corrected chi connectivity index (χ3v) is 3.44. The van der Waals surface area contributed by atoms with Crippen molar-refractivity contribution in [2.75, 3.05) is 27.1 Å². The number of hydrogen-bond acceptors (Lipinski definition) is 8. The lowest BCUT2D eigenvalue weighted by Crippen LogP contribution is -1.97. The predicted molar refractivity (Wildman–Crippen MR) is 77.7 cm³/mol. The van der Waals surface area contributed by atoms with Crippen LogP contribution in [0.5, 0.6) is 17.2 Å². The molecule has 22 heavy (non-hydrogen) atoms. The first kappa shape index (κ1) is 16.0. The highest BCUT2D eigenvalue weighted by atomic mass is 32.2. The first-order chi connectivity index (χ1) is 10.6. The van der Waals surface area contributed by atoms with Gasteiger partial charge in [0.1, 0.15) is 5.75 Å². The molecule has 0 aliphatic carbocycles. The minimum atomic E-state index is -0.961. The average molecular weight is 326 g/mol. The maximum Gasteiger partial charge on any atom is 0.314 e. The van der Waals surface area contributed by atoms with Crippen molar-refractivity contribution < 1.29 is 28.5 Å². The Kier molecular flexibility index (Phi) is 5.10. The zero-order chi connectivity index (χ0) is 16.1. The topological polar surface area (TPSA) is 104 Å². The number of hydrogen-bond donors (Lipinski definition) is 1. The van der Waals surface area contributed by atoms with Crippen molar-refractivity contribution in [1.29, 1.82) is 0 Å². The number of aliphatic carboxylic acids is 1. The molecule has 0 radical (unpaired) electrons. The van der Waals surface area contributed by atoms with Crippen molar-refractivity contribution in [3.8, 4) is 28.7 Å². The Hall–Kier alpha value is -2.42. The van der Waals surface area contributed by atoms with E-state index in [9.17, 15) is 4.79 Å². The van der Waals surface area contributed by atoms with Gasteiger partial charge in [0.05, 0.1) is 21.3 Å². The van der Waals surface area contributed by atoms with E-state index in [0.717, 1.165) is 11.8 Å². The lowest BCUT2D eigenvalue weighted by Gasteiger charge is -2.12. The Morgan fingerprint density at radius 3 is 2.32 bits per heavy atom. The Morgan fingerprint density at radius 2 is 1.82 bits per heavy atom. The Morgan fingerprint density at radius 1 is 1.18 bits per heavy atom. The molecule has 0 aliphatic heterocycles. The highest BCUT2D eigenvalue weighted by Gasteiger charge is 2.17. The third-order valence-electron chi connectivity index (χ3n) is 2.64. The summed E-state index contributed by atoms with van der Waals surface area (Å²) in [5.74, 6) is 0.472. The van der Waals surface area contributed by atoms with Crippen LogP contribution in [0.15, 0.2) is 21.8 Å². The van der Waals surface area contributed by atoms with Crippen LogP contribution in [0.4, 0.5) is 0 Å². The molecule has 0 bridgehead atoms. The highest BCUT2D eigenvalue weighted by Crippen LogP contribution is 2.41. The van der Waals surface area contributed by atoms with E-state index in [-0.39, 0.29) is 16.9 Å². The first-order valence-electron chi connectivity index (χ1n) is 6.07. The number of carboxylic acid groups (broad SMARTS) is 1. The van der Waals surface area contributed by atoms with Crippen LogP contribution in [0.1, 0.15) is 0 Å². The summed E-state index contributed by atoms with van der Waals surface area (Å²) in [5.41, 5.74) is 0.573. The number of ether oxygens (including phenoxy) is 3. The van der Waals surface area contributed by atoms with Crippen molar-refractivity contribution in [3.63, 3.8) is 0 Å². The smallest absolute Gasteiger partial charge is 0.314 e. The van der Waals surface area contributed by atoms with E-state index in [1.165, 1.54) is 21.3 Å². The fraction of sp³-hybridized carbons (Fsp3) is 0.308. The predicted octanol–water partition coefficient (Wildman–Crippen LogP) is 1.94. The zero-order valence-corrected chi connectivity index (χ0v) is 13.0. The van der Waals surface area contributed by atoms with Crippen LogP contribution in [-0.2, 0) is 4.79 Å². The Balaban J connectivity index is 2.34. The summed E-state index contributed by atoms with van der Waals surface area (Å²) >= 11 is 0.945. The number of carboxylic acids is 1. The number of carbonyl (C=O) groups is 1. The summed E-state index contributed by atoms with van der Waals surface area (Å²) in [5, 5.41) is 16.5. The van der Waals surface area contributed by atoms with E-state index in [4.69, 9.17) is 23.7 Å². The molecule has 1 aromatic carbocycles. The lowest BCUT2D eigenvalue weighted by atomic mass is 10.2. The van der Waals surface area contributed by atoms with Gasteiger partial charge in [0.15, 0.2) is 11.5 Å². The molecule has 1 aromatic heterocycles. The summed E-state index contributed by atoms with van der Waals surface area (Å²) < 4.78 is 21.1. The molecule has 0 amide bonds. The first-order valence-corrected chi connectivity index (χ1v) is 7.06. The molecule has 8 nitrogen and oxygen atoms in total. The van der Waals surface area contributed by atoms with Crippen LogP contribution in [0, 0.1) is 0 Å². The third kappa shape index (κ3) is 3.42. The molecule has 118 valence electrons. The lowest BCUT2D eigenvalue weighted by molar-refractivity contribution is -0.133. The van der Waals surface area contributed by atoms with Gasteiger partial charge in [-0.2, -0.15) is 0 Å². The van der Waals surface area contributed by atoms with Gasteiger partial charge in [0, 0.05) is 5.56 Å². The monoisotopic (exact) mass is 326 g/mol. The number of benzene rings is 1. The second kappa shape index (κ2) is 7.03. The van der Waals surface area contributed by atoms with Crippen molar-refractivity contribution in [2.24, 2.45) is 0 Å². The van der Waals surface area contributed by atoms with Crippen molar-refractivity contribution in [2.45, 2.75) is 5.22 Å². The van der Waals surface area contributed by atoms with Gasteiger partial charge < -0.3 is 23.7 Å². The van der Waals surface area contributed by atoms with Gasteiger partial charge in [0.25, 0.3) is 5.22 Å². The van der Waals surface area contributed by atoms with E-state index >= 15 is 0 Å². The van der Waals surface area contributed by atoms with Crippen LogP contribution < -0.4 is 14.2 Å². The molecular formula is C13H14N2O6S. The summed E-state index contributed by atoms with van der Waals surface area (Å²) in [6, 6.07) is 3.33. The van der Waals surface area contributed by atoms with E-state index in [0.29, 0.717) is 22.8 Å². The molecule has 9 heteroatoms. The van der Waals surface area contributed by atoms with Crippen molar-refractivity contribution in [1.82, 2.24) is 10.2 Å². The van der Waals surface area contributed by atoms with Gasteiger partial charge in [-0.25, -0.2) is 0 Å². The second-order valence-corrected chi connectivity index (χ2v) is 4.90. The summed E-state index contributed by atoms with van der Waals surface area (Å²) in [7, 11) is 4.51. The largest absolute Gasteiger partial charge is 0.493 e. The molecule has 2 rings (SSSR count). The maximum absolute atomic E-state index is 10.5. The SMILES string of the molecule is COc1cc(-c2nnc(SCC(=O)O)o2)cc(OC)c1OC. The van der Waals surface area contributed by atoms with E-state index in [2.05, 4.69) is 10.2 Å². The highest BCUT2D eigenvalue weighted by molar-refractivity contribution is 7.99. The maximum atomic E-state index is 10.5. The molecule has 0 aliphatic rings. The molecule has 0 saturated carbocycles. The normalized spacial score (nSPS) is 10.3. The molecule has 1 N–H and O–H groups in total. The van der Waals surface area contributed by atoms with E-state index in [1.54, 1.807) is 12.1 Å². The fourth-order valence-corrected chi connectivity index (χ4v) is 2.20. The number of aromatic nitrogens is 2. The molecule has 2 aromatic rings. The van der Waals surface area contributed by atoms with Gasteiger partial charge in [-0.3, -0.25) is 4.79 Å². The van der Waals surface area contributed by atoms with Gasteiger partial charge in [-0.15, -0.1) is 10.2 Å². The molecule has 0 saturated heterocycles. The quantitative estimate of drug-likeness (QED) is 0.764. The van der Waals surface area contributed by atoms with E-state index in [1.807, 2.05) is 0 Å². The molecule has 0 unspecified atom stereocenters. The van der Waals surface area contributed by atoms with Gasteiger partial charge >= 0.3 is 5.97 Å². The number of methoxy groups -OCH3 is 3. The van der Waals surface area contributed by atoms with Crippen LogP contribution in [0.3, 0.4) is 0 Å². The fourth-order valence-electron chi connectivity index (χ4n) is 1.71.